The Bertz CT molecular complexity index is 727. The summed E-state index contributed by atoms with van der Waals surface area (Å²) in [6.07, 6.45) is 0. The standard InChI is InChI=1S/C10H13N5O3S2/c1-6-12-10(14-15(6)3)13-9(16)8-4-7(5-19-8)20(17,18)11-2/h4-5,11H,1-3H3,(H,13,14,16). The molecule has 0 aliphatic heterocycles. The van der Waals surface area contributed by atoms with Gasteiger partial charge in [0.1, 0.15) is 5.82 Å². The molecule has 2 N–H and O–H groups in total. The van der Waals surface area contributed by atoms with E-state index < -0.39 is 15.9 Å². The third-order valence-electron chi connectivity index (χ3n) is 2.58. The molecule has 10 heteroatoms. The highest BCUT2D eigenvalue weighted by molar-refractivity contribution is 7.89. The third-order valence-corrected chi connectivity index (χ3v) is 5.06. The van der Waals surface area contributed by atoms with Crippen LogP contribution in [0.1, 0.15) is 15.5 Å². The Morgan fingerprint density at radius 1 is 1.45 bits per heavy atom. The van der Waals surface area contributed by atoms with Gasteiger partial charge in [0.25, 0.3) is 5.91 Å². The van der Waals surface area contributed by atoms with Crippen molar-refractivity contribution >= 4 is 33.2 Å². The average molecular weight is 315 g/mol. The number of anilines is 1. The second-order valence-electron chi connectivity index (χ2n) is 3.91. The topological polar surface area (TPSA) is 106 Å². The molecule has 2 heterocycles. The highest BCUT2D eigenvalue weighted by atomic mass is 32.2. The van der Waals surface area contributed by atoms with Gasteiger partial charge in [0.15, 0.2) is 0 Å². The minimum absolute atomic E-state index is 0.0558. The van der Waals surface area contributed by atoms with Crippen LogP contribution in [0.4, 0.5) is 5.95 Å². The lowest BCUT2D eigenvalue weighted by Crippen LogP contribution is -2.18. The number of aromatic nitrogens is 3. The minimum Gasteiger partial charge on any atom is -0.288 e. The van der Waals surface area contributed by atoms with Crippen molar-refractivity contribution in [2.45, 2.75) is 11.8 Å². The number of carbonyl (C=O) groups is 1. The number of amides is 1. The number of nitrogens with zero attached hydrogens (tertiary/aromatic N) is 3. The summed E-state index contributed by atoms with van der Waals surface area (Å²) in [5, 5.41) is 7.91. The van der Waals surface area contributed by atoms with Crippen LogP contribution < -0.4 is 10.0 Å². The molecule has 0 fully saturated rings. The van der Waals surface area contributed by atoms with Crippen LogP contribution in [0.3, 0.4) is 0 Å². The maximum absolute atomic E-state index is 12.0. The predicted molar refractivity (Wildman–Crippen MR) is 74.3 cm³/mol. The van der Waals surface area contributed by atoms with Gasteiger partial charge in [-0.2, -0.15) is 4.98 Å². The van der Waals surface area contributed by atoms with Crippen LogP contribution in [0, 0.1) is 6.92 Å². The SMILES string of the molecule is CNS(=O)(=O)c1csc(C(=O)Nc2nc(C)n(C)n2)c1. The van der Waals surface area contributed by atoms with Crippen LogP contribution in [-0.4, -0.2) is 36.1 Å². The number of rotatable bonds is 4. The molecule has 2 aromatic heterocycles. The van der Waals surface area contributed by atoms with E-state index >= 15 is 0 Å². The zero-order valence-corrected chi connectivity index (χ0v) is 12.7. The summed E-state index contributed by atoms with van der Waals surface area (Å²) in [6, 6.07) is 1.31. The molecule has 0 saturated heterocycles. The number of hydrogen-bond donors (Lipinski definition) is 2. The first-order valence-corrected chi connectivity index (χ1v) is 7.91. The molecule has 0 atom stereocenters. The number of aryl methyl sites for hydroxylation is 2. The number of carbonyl (C=O) groups excluding carboxylic acids is 1. The molecule has 2 rings (SSSR count). The van der Waals surface area contributed by atoms with Crippen molar-refractivity contribution in [1.82, 2.24) is 19.5 Å². The lowest BCUT2D eigenvalue weighted by atomic mass is 10.4. The van der Waals surface area contributed by atoms with Crippen molar-refractivity contribution in [3.8, 4) is 0 Å². The molecule has 0 unspecified atom stereocenters. The summed E-state index contributed by atoms with van der Waals surface area (Å²) in [5.41, 5.74) is 0. The Labute approximate surface area is 119 Å². The van der Waals surface area contributed by atoms with Gasteiger partial charge in [-0.3, -0.25) is 14.8 Å². The summed E-state index contributed by atoms with van der Waals surface area (Å²) < 4.78 is 26.9. The number of thiophene rings is 1. The maximum atomic E-state index is 12.0. The van der Waals surface area contributed by atoms with Gasteiger partial charge in [-0.25, -0.2) is 13.1 Å². The van der Waals surface area contributed by atoms with Gasteiger partial charge in [0, 0.05) is 12.4 Å². The molecule has 20 heavy (non-hydrogen) atoms. The van der Waals surface area contributed by atoms with Crippen LogP contribution in [0.25, 0.3) is 0 Å². The van der Waals surface area contributed by atoms with E-state index in [-0.39, 0.29) is 15.7 Å². The van der Waals surface area contributed by atoms with Gasteiger partial charge in [0.2, 0.25) is 16.0 Å². The normalized spacial score (nSPS) is 11.6. The summed E-state index contributed by atoms with van der Waals surface area (Å²) in [6.45, 7) is 1.76. The van der Waals surface area contributed by atoms with Gasteiger partial charge >= 0.3 is 0 Å². The fourth-order valence-electron chi connectivity index (χ4n) is 1.38. The van der Waals surface area contributed by atoms with Gasteiger partial charge in [0.05, 0.1) is 9.77 Å². The average Bonchev–Trinajstić information content (AvgIpc) is 2.98. The molecule has 0 saturated carbocycles. The Morgan fingerprint density at radius 2 is 2.15 bits per heavy atom. The van der Waals surface area contributed by atoms with Crippen molar-refractivity contribution in [3.05, 3.63) is 22.1 Å². The van der Waals surface area contributed by atoms with Crippen molar-refractivity contribution in [2.24, 2.45) is 7.05 Å². The molecule has 0 aliphatic rings. The summed E-state index contributed by atoms with van der Waals surface area (Å²) >= 11 is 1.04. The Morgan fingerprint density at radius 3 is 2.70 bits per heavy atom. The molecule has 0 aromatic carbocycles. The van der Waals surface area contributed by atoms with Crippen LogP contribution in [-0.2, 0) is 17.1 Å². The fourth-order valence-corrected chi connectivity index (χ4v) is 3.27. The molecule has 0 bridgehead atoms. The molecular weight excluding hydrogens is 302 g/mol. The number of sulfonamides is 1. The predicted octanol–water partition coefficient (Wildman–Crippen LogP) is 0.345. The Kier molecular flexibility index (Phi) is 3.88. The van der Waals surface area contributed by atoms with Crippen molar-refractivity contribution in [2.75, 3.05) is 12.4 Å². The van der Waals surface area contributed by atoms with E-state index in [1.807, 2.05) is 0 Å². The Balaban J connectivity index is 2.18. The molecule has 0 spiro atoms. The molecule has 0 radical (unpaired) electrons. The maximum Gasteiger partial charge on any atom is 0.268 e. The van der Waals surface area contributed by atoms with E-state index in [1.54, 1.807) is 14.0 Å². The number of nitrogens with one attached hydrogen (secondary N) is 2. The highest BCUT2D eigenvalue weighted by Gasteiger charge is 2.18. The monoisotopic (exact) mass is 315 g/mol. The molecule has 8 nitrogen and oxygen atoms in total. The molecular formula is C10H13N5O3S2. The summed E-state index contributed by atoms with van der Waals surface area (Å²) in [7, 11) is -0.519. The largest absolute Gasteiger partial charge is 0.288 e. The van der Waals surface area contributed by atoms with Crippen molar-refractivity contribution < 1.29 is 13.2 Å². The van der Waals surface area contributed by atoms with Crippen molar-refractivity contribution in [3.63, 3.8) is 0 Å². The third kappa shape index (κ3) is 2.86. The highest BCUT2D eigenvalue weighted by Crippen LogP contribution is 2.19. The fraction of sp³-hybridized carbons (Fsp3) is 0.300. The first-order valence-electron chi connectivity index (χ1n) is 5.54. The lowest BCUT2D eigenvalue weighted by molar-refractivity contribution is 0.102. The first-order chi connectivity index (χ1) is 9.33. The van der Waals surface area contributed by atoms with E-state index in [0.717, 1.165) is 11.3 Å². The second-order valence-corrected chi connectivity index (χ2v) is 6.71. The van der Waals surface area contributed by atoms with Crippen LogP contribution in [0.2, 0.25) is 0 Å². The Hall–Kier alpha value is -1.78. The summed E-state index contributed by atoms with van der Waals surface area (Å²) in [5.74, 6) is 0.393. The van der Waals surface area contributed by atoms with Crippen LogP contribution in [0.15, 0.2) is 16.3 Å². The molecule has 1 amide bonds. The molecule has 0 aliphatic carbocycles. The van der Waals surface area contributed by atoms with Gasteiger partial charge in [-0.15, -0.1) is 16.4 Å². The molecule has 2 aromatic rings. The summed E-state index contributed by atoms with van der Waals surface area (Å²) in [4.78, 5) is 16.3. The van der Waals surface area contributed by atoms with E-state index in [4.69, 9.17) is 0 Å². The van der Waals surface area contributed by atoms with Crippen LogP contribution >= 0.6 is 11.3 Å². The van der Waals surface area contributed by atoms with Gasteiger partial charge in [-0.05, 0) is 20.0 Å². The first kappa shape index (κ1) is 14.6. The van der Waals surface area contributed by atoms with Crippen molar-refractivity contribution in [1.29, 1.82) is 0 Å². The zero-order chi connectivity index (χ0) is 14.9. The smallest absolute Gasteiger partial charge is 0.268 e. The van der Waals surface area contributed by atoms with E-state index in [0.29, 0.717) is 5.82 Å². The minimum atomic E-state index is -3.54. The number of hydrogen-bond acceptors (Lipinski definition) is 6. The van der Waals surface area contributed by atoms with E-state index in [9.17, 15) is 13.2 Å². The van der Waals surface area contributed by atoms with Crippen LogP contribution in [0.5, 0.6) is 0 Å². The quantitative estimate of drug-likeness (QED) is 0.846. The molecule has 108 valence electrons. The van der Waals surface area contributed by atoms with Gasteiger partial charge in [-0.1, -0.05) is 0 Å². The van der Waals surface area contributed by atoms with Gasteiger partial charge < -0.3 is 0 Å². The van der Waals surface area contributed by atoms with E-state index in [1.165, 1.54) is 23.2 Å². The zero-order valence-electron chi connectivity index (χ0n) is 11.0. The second kappa shape index (κ2) is 5.31. The lowest BCUT2D eigenvalue weighted by Gasteiger charge is -1.98. The van der Waals surface area contributed by atoms with E-state index in [2.05, 4.69) is 20.1 Å².